The Labute approximate surface area is 167 Å². The molecule has 0 spiro atoms. The zero-order chi connectivity index (χ0) is 20.5. The minimum absolute atomic E-state index is 0.0349. The number of carbonyl (C=O) groups is 2. The molecular weight excluding hydrogens is 378 g/mol. The number of nitrogens with one attached hydrogen (secondary N) is 1. The van der Waals surface area contributed by atoms with Crippen molar-refractivity contribution in [2.24, 2.45) is 0 Å². The van der Waals surface area contributed by atoms with Crippen LogP contribution in [0.25, 0.3) is 0 Å². The fraction of sp³-hybridized carbons (Fsp3) is 0.600. The molecule has 1 saturated carbocycles. The number of carbonyl (C=O) groups excluding carboxylic acids is 2. The quantitative estimate of drug-likeness (QED) is 0.827. The van der Waals surface area contributed by atoms with Crippen LogP contribution in [-0.4, -0.2) is 61.2 Å². The predicted molar refractivity (Wildman–Crippen MR) is 106 cm³/mol. The average molecular weight is 408 g/mol. The van der Waals surface area contributed by atoms with Gasteiger partial charge in [-0.05, 0) is 51.0 Å². The molecule has 1 saturated heterocycles. The van der Waals surface area contributed by atoms with E-state index in [0.29, 0.717) is 18.7 Å². The van der Waals surface area contributed by atoms with E-state index in [-0.39, 0.29) is 22.8 Å². The number of hydrogen-bond donors (Lipinski definition) is 1. The Hall–Kier alpha value is -1.93. The lowest BCUT2D eigenvalue weighted by Gasteiger charge is -2.41. The van der Waals surface area contributed by atoms with E-state index < -0.39 is 15.6 Å². The Morgan fingerprint density at radius 1 is 1.14 bits per heavy atom. The monoisotopic (exact) mass is 407 g/mol. The van der Waals surface area contributed by atoms with Gasteiger partial charge in [0.05, 0.1) is 4.90 Å². The van der Waals surface area contributed by atoms with E-state index >= 15 is 0 Å². The number of hydrogen-bond acceptors (Lipinski definition) is 4. The van der Waals surface area contributed by atoms with Gasteiger partial charge in [0.25, 0.3) is 5.91 Å². The molecule has 2 aliphatic rings. The first-order valence-corrected chi connectivity index (χ1v) is 11.3. The van der Waals surface area contributed by atoms with Crippen molar-refractivity contribution in [2.45, 2.75) is 62.4 Å². The maximum absolute atomic E-state index is 12.9. The van der Waals surface area contributed by atoms with Crippen LogP contribution in [0.4, 0.5) is 0 Å². The lowest BCUT2D eigenvalue weighted by atomic mass is 9.96. The Balaban J connectivity index is 1.79. The molecular formula is C20H29N3O4S. The predicted octanol–water partition coefficient (Wildman–Crippen LogP) is 1.99. The Kier molecular flexibility index (Phi) is 5.82. The number of rotatable bonds is 4. The molecule has 0 radical (unpaired) electrons. The summed E-state index contributed by atoms with van der Waals surface area (Å²) in [6.45, 7) is 4.24. The molecule has 1 N–H and O–H groups in total. The highest BCUT2D eigenvalue weighted by Crippen LogP contribution is 2.27. The van der Waals surface area contributed by atoms with Crippen molar-refractivity contribution in [3.63, 3.8) is 0 Å². The summed E-state index contributed by atoms with van der Waals surface area (Å²) in [6, 6.07) is 6.07. The van der Waals surface area contributed by atoms with E-state index in [1.807, 2.05) is 0 Å². The van der Waals surface area contributed by atoms with Gasteiger partial charge in [0.15, 0.2) is 0 Å². The topological polar surface area (TPSA) is 86.8 Å². The SMILES string of the molecule is CN(C1CCCCC1)S(=O)(=O)c1ccc(C(=O)N2CCNC(=O)C2(C)C)cc1. The highest BCUT2D eigenvalue weighted by atomic mass is 32.2. The number of sulfonamides is 1. The molecule has 0 atom stereocenters. The molecule has 8 heteroatoms. The van der Waals surface area contributed by atoms with Crippen molar-refractivity contribution in [1.82, 2.24) is 14.5 Å². The number of benzene rings is 1. The highest BCUT2D eigenvalue weighted by molar-refractivity contribution is 7.89. The van der Waals surface area contributed by atoms with Gasteiger partial charge < -0.3 is 10.2 Å². The standard InChI is InChI=1S/C20H29N3O4S/c1-20(2)19(25)21-13-14-23(20)18(24)15-9-11-17(12-10-15)28(26,27)22(3)16-7-5-4-6-8-16/h9-12,16H,4-8,13-14H2,1-3H3,(H,21,25). The van der Waals surface area contributed by atoms with Crippen LogP contribution in [0.3, 0.4) is 0 Å². The van der Waals surface area contributed by atoms with Crippen LogP contribution in [0.15, 0.2) is 29.2 Å². The second-order valence-electron chi connectivity index (χ2n) is 8.11. The van der Waals surface area contributed by atoms with E-state index in [0.717, 1.165) is 32.1 Å². The van der Waals surface area contributed by atoms with Gasteiger partial charge in [-0.2, -0.15) is 4.31 Å². The van der Waals surface area contributed by atoms with Crippen molar-refractivity contribution in [3.05, 3.63) is 29.8 Å². The maximum atomic E-state index is 12.9. The van der Waals surface area contributed by atoms with E-state index in [1.165, 1.54) is 33.5 Å². The van der Waals surface area contributed by atoms with E-state index in [4.69, 9.17) is 0 Å². The molecule has 1 aromatic carbocycles. The van der Waals surface area contributed by atoms with Crippen LogP contribution in [0.1, 0.15) is 56.3 Å². The fourth-order valence-electron chi connectivity index (χ4n) is 3.99. The summed E-state index contributed by atoms with van der Waals surface area (Å²) in [7, 11) is -1.96. The first-order chi connectivity index (χ1) is 13.2. The molecule has 0 aromatic heterocycles. The third-order valence-corrected chi connectivity index (χ3v) is 7.89. The van der Waals surface area contributed by atoms with Crippen LogP contribution in [-0.2, 0) is 14.8 Å². The van der Waals surface area contributed by atoms with E-state index in [9.17, 15) is 18.0 Å². The molecule has 0 bridgehead atoms. The summed E-state index contributed by atoms with van der Waals surface area (Å²) in [4.78, 5) is 26.7. The zero-order valence-corrected chi connectivity index (χ0v) is 17.6. The normalized spacial score (nSPS) is 20.9. The summed E-state index contributed by atoms with van der Waals surface area (Å²) in [6.07, 6.45) is 5.04. The van der Waals surface area contributed by atoms with Crippen molar-refractivity contribution >= 4 is 21.8 Å². The highest BCUT2D eigenvalue weighted by Gasteiger charge is 2.40. The molecule has 1 aliphatic carbocycles. The molecule has 1 aliphatic heterocycles. The minimum Gasteiger partial charge on any atom is -0.352 e. The van der Waals surface area contributed by atoms with Crippen molar-refractivity contribution < 1.29 is 18.0 Å². The van der Waals surface area contributed by atoms with E-state index in [2.05, 4.69) is 5.32 Å². The number of piperazine rings is 1. The molecule has 2 fully saturated rings. The molecule has 2 amide bonds. The van der Waals surface area contributed by atoms with E-state index in [1.54, 1.807) is 20.9 Å². The Morgan fingerprint density at radius 2 is 1.75 bits per heavy atom. The third-order valence-electron chi connectivity index (χ3n) is 5.96. The summed E-state index contributed by atoms with van der Waals surface area (Å²) in [5.74, 6) is -0.468. The van der Waals surface area contributed by atoms with Crippen LogP contribution >= 0.6 is 0 Å². The van der Waals surface area contributed by atoms with Crippen LogP contribution in [0, 0.1) is 0 Å². The molecule has 28 heavy (non-hydrogen) atoms. The summed E-state index contributed by atoms with van der Waals surface area (Å²) in [5.41, 5.74) is -0.566. The van der Waals surface area contributed by atoms with Gasteiger partial charge in [-0.1, -0.05) is 19.3 Å². The average Bonchev–Trinajstić information content (AvgIpc) is 2.69. The van der Waals surface area contributed by atoms with Crippen LogP contribution in [0.2, 0.25) is 0 Å². The molecule has 3 rings (SSSR count). The molecule has 154 valence electrons. The maximum Gasteiger partial charge on any atom is 0.254 e. The van der Waals surface area contributed by atoms with Gasteiger partial charge in [-0.25, -0.2) is 8.42 Å². The first-order valence-electron chi connectivity index (χ1n) is 9.84. The van der Waals surface area contributed by atoms with Gasteiger partial charge in [0, 0.05) is 31.7 Å². The Bertz CT molecular complexity index is 843. The van der Waals surface area contributed by atoms with Gasteiger partial charge in [0.1, 0.15) is 5.54 Å². The lowest BCUT2D eigenvalue weighted by molar-refractivity contribution is -0.133. The third kappa shape index (κ3) is 3.80. The fourth-order valence-corrected chi connectivity index (χ4v) is 5.40. The van der Waals surface area contributed by atoms with Crippen molar-refractivity contribution in [2.75, 3.05) is 20.1 Å². The van der Waals surface area contributed by atoms with Gasteiger partial charge in [-0.15, -0.1) is 0 Å². The summed E-state index contributed by atoms with van der Waals surface area (Å²) < 4.78 is 27.3. The number of amides is 2. The summed E-state index contributed by atoms with van der Waals surface area (Å²) in [5, 5.41) is 2.76. The van der Waals surface area contributed by atoms with Gasteiger partial charge >= 0.3 is 0 Å². The smallest absolute Gasteiger partial charge is 0.254 e. The van der Waals surface area contributed by atoms with Crippen molar-refractivity contribution in [1.29, 1.82) is 0 Å². The first kappa shape index (κ1) is 20.8. The second kappa shape index (κ2) is 7.83. The van der Waals surface area contributed by atoms with Crippen LogP contribution in [0.5, 0.6) is 0 Å². The lowest BCUT2D eigenvalue weighted by Crippen LogP contribution is -2.63. The largest absolute Gasteiger partial charge is 0.352 e. The molecule has 1 heterocycles. The molecule has 1 aromatic rings. The second-order valence-corrected chi connectivity index (χ2v) is 10.1. The van der Waals surface area contributed by atoms with Crippen molar-refractivity contribution in [3.8, 4) is 0 Å². The minimum atomic E-state index is -3.59. The molecule has 0 unspecified atom stereocenters. The van der Waals surface area contributed by atoms with Gasteiger partial charge in [0.2, 0.25) is 15.9 Å². The summed E-state index contributed by atoms with van der Waals surface area (Å²) >= 11 is 0. The van der Waals surface area contributed by atoms with Gasteiger partial charge in [-0.3, -0.25) is 9.59 Å². The molecule has 7 nitrogen and oxygen atoms in total. The van der Waals surface area contributed by atoms with Crippen LogP contribution < -0.4 is 5.32 Å². The Morgan fingerprint density at radius 3 is 2.36 bits per heavy atom. The number of nitrogens with zero attached hydrogens (tertiary/aromatic N) is 2. The zero-order valence-electron chi connectivity index (χ0n) is 16.8.